The summed E-state index contributed by atoms with van der Waals surface area (Å²) in [5, 5.41) is 4.06. The van der Waals surface area contributed by atoms with Crippen molar-refractivity contribution in [2.75, 3.05) is 0 Å². The number of hydrogen-bond donors (Lipinski definition) is 1. The van der Waals surface area contributed by atoms with E-state index < -0.39 is 0 Å². The number of ether oxygens (including phenoxy) is 1. The molecule has 6 heteroatoms. The Morgan fingerprint density at radius 3 is 2.18 bits per heavy atom. The molecule has 0 aliphatic heterocycles. The third kappa shape index (κ3) is 6.32. The molecular weight excluding hydrogens is 484 g/mol. The van der Waals surface area contributed by atoms with E-state index >= 15 is 0 Å². The maximum Gasteiger partial charge on any atom is 0.244 e. The molecule has 1 amide bonds. The van der Waals surface area contributed by atoms with Crippen molar-refractivity contribution in [3.8, 4) is 5.75 Å². The van der Waals surface area contributed by atoms with E-state index in [4.69, 9.17) is 4.74 Å². The fraction of sp³-hybridized carbons (Fsp3) is 0.0909. The topological polar surface area (TPSA) is 50.7 Å². The maximum atomic E-state index is 12.0. The Bertz CT molecular complexity index is 955. The molecule has 0 fully saturated rings. The quantitative estimate of drug-likeness (QED) is 0.344. The molecule has 0 spiro atoms. The van der Waals surface area contributed by atoms with E-state index in [0.717, 1.165) is 25.6 Å². The average molecular weight is 502 g/mol. The first-order valence-corrected chi connectivity index (χ1v) is 10.2. The number of carbonyl (C=O) groups is 1. The van der Waals surface area contributed by atoms with Gasteiger partial charge in [-0.2, -0.15) is 5.10 Å². The zero-order chi connectivity index (χ0) is 19.8. The minimum absolute atomic E-state index is 0.174. The summed E-state index contributed by atoms with van der Waals surface area (Å²) in [7, 11) is 0. The molecule has 3 aromatic rings. The van der Waals surface area contributed by atoms with E-state index in [1.165, 1.54) is 0 Å². The summed E-state index contributed by atoms with van der Waals surface area (Å²) < 4.78 is 7.91. The summed E-state index contributed by atoms with van der Waals surface area (Å²) in [5.41, 5.74) is 5.35. The second kappa shape index (κ2) is 10.2. The van der Waals surface area contributed by atoms with Crippen molar-refractivity contribution in [3.05, 3.63) is 98.4 Å². The Labute approximate surface area is 180 Å². The Hall–Kier alpha value is -2.44. The lowest BCUT2D eigenvalue weighted by atomic mass is 10.1. The van der Waals surface area contributed by atoms with Gasteiger partial charge in [-0.15, -0.1) is 0 Å². The molecule has 0 radical (unpaired) electrons. The van der Waals surface area contributed by atoms with E-state index in [-0.39, 0.29) is 12.3 Å². The summed E-state index contributed by atoms with van der Waals surface area (Å²) in [4.78, 5) is 12.0. The normalized spacial score (nSPS) is 10.8. The van der Waals surface area contributed by atoms with Crippen molar-refractivity contribution in [2.45, 2.75) is 13.0 Å². The number of hydrogen-bond acceptors (Lipinski definition) is 3. The first-order valence-electron chi connectivity index (χ1n) is 8.63. The zero-order valence-corrected chi connectivity index (χ0v) is 18.1. The van der Waals surface area contributed by atoms with Gasteiger partial charge in [-0.05, 0) is 47.5 Å². The molecule has 0 aliphatic carbocycles. The fourth-order valence-corrected chi connectivity index (χ4v) is 2.99. The van der Waals surface area contributed by atoms with Gasteiger partial charge in [0.15, 0.2) is 0 Å². The highest BCUT2D eigenvalue weighted by Crippen LogP contribution is 2.18. The van der Waals surface area contributed by atoms with Crippen molar-refractivity contribution in [1.82, 2.24) is 5.43 Å². The minimum atomic E-state index is -0.174. The monoisotopic (exact) mass is 500 g/mol. The highest BCUT2D eigenvalue weighted by atomic mass is 79.9. The third-order valence-electron chi connectivity index (χ3n) is 3.90. The number of para-hydroxylation sites is 1. The van der Waals surface area contributed by atoms with Crippen LogP contribution in [0.15, 0.2) is 86.8 Å². The molecular formula is C22H18Br2N2O2. The molecule has 1 N–H and O–H groups in total. The second-order valence-corrected chi connectivity index (χ2v) is 7.88. The smallest absolute Gasteiger partial charge is 0.244 e. The van der Waals surface area contributed by atoms with Crippen molar-refractivity contribution in [1.29, 1.82) is 0 Å². The number of benzene rings is 3. The summed E-state index contributed by atoms with van der Waals surface area (Å²) in [6.07, 6.45) is 1.86. The first kappa shape index (κ1) is 20.3. The Morgan fingerprint density at radius 2 is 1.50 bits per heavy atom. The number of nitrogens with one attached hydrogen (secondary N) is 1. The van der Waals surface area contributed by atoms with Gasteiger partial charge in [-0.25, -0.2) is 5.43 Å². The second-order valence-electron chi connectivity index (χ2n) is 6.05. The van der Waals surface area contributed by atoms with Crippen LogP contribution in [0.25, 0.3) is 0 Å². The predicted molar refractivity (Wildman–Crippen MR) is 118 cm³/mol. The number of hydrazone groups is 1. The molecule has 142 valence electrons. The van der Waals surface area contributed by atoms with Crippen molar-refractivity contribution in [3.63, 3.8) is 0 Å². The van der Waals surface area contributed by atoms with Crippen LogP contribution in [0.3, 0.4) is 0 Å². The molecule has 0 bridgehead atoms. The van der Waals surface area contributed by atoms with Gasteiger partial charge in [-0.1, -0.05) is 68.3 Å². The van der Waals surface area contributed by atoms with Gasteiger partial charge in [-0.3, -0.25) is 4.79 Å². The van der Waals surface area contributed by atoms with Crippen LogP contribution in [0.1, 0.15) is 16.7 Å². The summed E-state index contributed by atoms with van der Waals surface area (Å²) in [6, 6.07) is 23.2. The number of rotatable bonds is 7. The van der Waals surface area contributed by atoms with Gasteiger partial charge in [0, 0.05) is 14.5 Å². The Morgan fingerprint density at radius 1 is 0.893 bits per heavy atom. The number of nitrogens with zero attached hydrogens (tertiary/aromatic N) is 1. The van der Waals surface area contributed by atoms with Gasteiger partial charge in [0.2, 0.25) is 5.91 Å². The summed E-state index contributed by atoms with van der Waals surface area (Å²) in [5.74, 6) is 0.531. The van der Waals surface area contributed by atoms with Crippen LogP contribution in [0, 0.1) is 0 Å². The lowest BCUT2D eigenvalue weighted by molar-refractivity contribution is -0.120. The molecule has 0 aliphatic rings. The summed E-state index contributed by atoms with van der Waals surface area (Å²) in [6.45, 7) is 0.452. The van der Waals surface area contributed by atoms with Gasteiger partial charge < -0.3 is 4.74 Å². The van der Waals surface area contributed by atoms with E-state index in [0.29, 0.717) is 12.4 Å². The Balaban J connectivity index is 1.56. The van der Waals surface area contributed by atoms with Crippen LogP contribution in [0.5, 0.6) is 5.75 Å². The molecule has 0 atom stereocenters. The van der Waals surface area contributed by atoms with E-state index in [1.807, 2.05) is 72.8 Å². The average Bonchev–Trinajstić information content (AvgIpc) is 2.70. The van der Waals surface area contributed by atoms with Gasteiger partial charge in [0.25, 0.3) is 0 Å². The van der Waals surface area contributed by atoms with E-state index in [1.54, 1.807) is 6.21 Å². The third-order valence-corrected chi connectivity index (χ3v) is 4.95. The number of halogens is 2. The molecule has 0 unspecified atom stereocenters. The predicted octanol–water partition coefficient (Wildman–Crippen LogP) is 5.48. The van der Waals surface area contributed by atoms with Gasteiger partial charge in [0.05, 0.1) is 12.6 Å². The lowest BCUT2D eigenvalue weighted by Gasteiger charge is -2.09. The first-order chi connectivity index (χ1) is 13.6. The number of carbonyl (C=O) groups excluding carboxylic acids is 1. The largest absolute Gasteiger partial charge is 0.488 e. The molecule has 0 aromatic heterocycles. The SMILES string of the molecule is O=C(Cc1ccc(Br)cc1)N/N=C\c1ccccc1OCc1ccc(Br)cc1. The van der Waals surface area contributed by atoms with Gasteiger partial charge in [0.1, 0.15) is 12.4 Å². The van der Waals surface area contributed by atoms with Crippen molar-refractivity contribution < 1.29 is 9.53 Å². The highest BCUT2D eigenvalue weighted by molar-refractivity contribution is 9.10. The van der Waals surface area contributed by atoms with E-state index in [9.17, 15) is 4.79 Å². The Kier molecular flexibility index (Phi) is 7.39. The van der Waals surface area contributed by atoms with Crippen LogP contribution in [-0.2, 0) is 17.8 Å². The maximum absolute atomic E-state index is 12.0. The molecule has 3 aromatic carbocycles. The highest BCUT2D eigenvalue weighted by Gasteiger charge is 2.04. The summed E-state index contributed by atoms with van der Waals surface area (Å²) >= 11 is 6.80. The molecule has 28 heavy (non-hydrogen) atoms. The van der Waals surface area contributed by atoms with E-state index in [2.05, 4.69) is 42.4 Å². The zero-order valence-electron chi connectivity index (χ0n) is 14.9. The molecule has 4 nitrogen and oxygen atoms in total. The fourth-order valence-electron chi connectivity index (χ4n) is 2.46. The van der Waals surface area contributed by atoms with Crippen molar-refractivity contribution >= 4 is 44.0 Å². The molecule has 0 saturated heterocycles. The van der Waals surface area contributed by atoms with Crippen LogP contribution < -0.4 is 10.2 Å². The molecule has 3 rings (SSSR count). The standard InChI is InChI=1S/C22H18Br2N2O2/c23-19-9-5-16(6-10-19)13-22(27)26-25-14-18-3-1-2-4-21(18)28-15-17-7-11-20(24)12-8-17/h1-12,14H,13,15H2,(H,26,27)/b25-14-. The van der Waals surface area contributed by atoms with Crippen LogP contribution >= 0.6 is 31.9 Å². The number of amides is 1. The van der Waals surface area contributed by atoms with Crippen molar-refractivity contribution in [2.24, 2.45) is 5.10 Å². The molecule has 0 heterocycles. The van der Waals surface area contributed by atoms with Crippen LogP contribution in [0.4, 0.5) is 0 Å². The van der Waals surface area contributed by atoms with Gasteiger partial charge >= 0.3 is 0 Å². The molecule has 0 saturated carbocycles. The lowest BCUT2D eigenvalue weighted by Crippen LogP contribution is -2.19. The van der Waals surface area contributed by atoms with Crippen LogP contribution in [-0.4, -0.2) is 12.1 Å². The minimum Gasteiger partial charge on any atom is -0.488 e. The van der Waals surface area contributed by atoms with Crippen LogP contribution in [0.2, 0.25) is 0 Å².